The molecule has 5 nitrogen and oxygen atoms in total. The van der Waals surface area contributed by atoms with E-state index in [2.05, 4.69) is 17.2 Å². The van der Waals surface area contributed by atoms with Crippen molar-refractivity contribution < 1.29 is 14.2 Å². The molecule has 0 aliphatic carbocycles. The molecule has 2 unspecified atom stereocenters. The number of rotatable bonds is 2. The summed E-state index contributed by atoms with van der Waals surface area (Å²) in [7, 11) is 0. The minimum absolute atomic E-state index is 0.155. The number of nitrogens with zero attached hydrogens (tertiary/aromatic N) is 1. The van der Waals surface area contributed by atoms with Crippen molar-refractivity contribution in [1.82, 2.24) is 10.3 Å². The van der Waals surface area contributed by atoms with E-state index < -0.39 is 0 Å². The Morgan fingerprint density at radius 1 is 1.29 bits per heavy atom. The molecule has 5 heteroatoms. The number of piperidine rings is 1. The summed E-state index contributed by atoms with van der Waals surface area (Å²) in [6.45, 7) is 4.43. The first-order chi connectivity index (χ1) is 10.3. The van der Waals surface area contributed by atoms with Crippen LogP contribution in [0.1, 0.15) is 13.3 Å². The van der Waals surface area contributed by atoms with E-state index >= 15 is 0 Å². The van der Waals surface area contributed by atoms with Crippen LogP contribution < -0.4 is 19.5 Å². The second-order valence-corrected chi connectivity index (χ2v) is 5.67. The maximum Gasteiger partial charge on any atom is 0.231 e. The summed E-state index contributed by atoms with van der Waals surface area (Å²) >= 11 is 0. The van der Waals surface area contributed by atoms with Crippen LogP contribution in [0.25, 0.3) is 10.8 Å². The summed E-state index contributed by atoms with van der Waals surface area (Å²) in [6, 6.07) is 5.91. The van der Waals surface area contributed by atoms with Crippen LogP contribution in [0.3, 0.4) is 0 Å². The zero-order valence-electron chi connectivity index (χ0n) is 12.0. The highest BCUT2D eigenvalue weighted by molar-refractivity contribution is 5.90. The lowest BCUT2D eigenvalue weighted by atomic mass is 9.97. The molecular weight excluding hydrogens is 268 g/mol. The molecule has 2 aliphatic heterocycles. The van der Waals surface area contributed by atoms with E-state index in [9.17, 15) is 0 Å². The zero-order valence-corrected chi connectivity index (χ0v) is 12.0. The quantitative estimate of drug-likeness (QED) is 0.918. The number of hydrogen-bond donors (Lipinski definition) is 1. The Morgan fingerprint density at radius 3 is 3.00 bits per heavy atom. The van der Waals surface area contributed by atoms with Crippen molar-refractivity contribution in [1.29, 1.82) is 0 Å². The van der Waals surface area contributed by atoms with Crippen LogP contribution >= 0.6 is 0 Å². The fourth-order valence-electron chi connectivity index (χ4n) is 2.89. The van der Waals surface area contributed by atoms with Gasteiger partial charge in [0.15, 0.2) is 11.5 Å². The van der Waals surface area contributed by atoms with Crippen molar-refractivity contribution in [2.75, 3.05) is 19.9 Å². The Bertz CT molecular complexity index is 674. The Morgan fingerprint density at radius 2 is 2.14 bits per heavy atom. The van der Waals surface area contributed by atoms with Gasteiger partial charge in [0.25, 0.3) is 0 Å². The molecule has 2 aliphatic rings. The highest BCUT2D eigenvalue weighted by Gasteiger charge is 2.24. The number of ether oxygens (including phenoxy) is 3. The second kappa shape index (κ2) is 5.07. The third-order valence-corrected chi connectivity index (χ3v) is 4.24. The highest BCUT2D eigenvalue weighted by atomic mass is 16.7. The molecule has 21 heavy (non-hydrogen) atoms. The molecule has 1 fully saturated rings. The molecule has 0 radical (unpaired) electrons. The van der Waals surface area contributed by atoms with Gasteiger partial charge in [-0.25, -0.2) is 4.98 Å². The number of pyridine rings is 1. The van der Waals surface area contributed by atoms with Gasteiger partial charge in [0, 0.05) is 18.1 Å². The molecule has 1 aromatic heterocycles. The van der Waals surface area contributed by atoms with Crippen molar-refractivity contribution in [2.45, 2.75) is 19.4 Å². The number of nitrogens with one attached hydrogen (secondary N) is 1. The second-order valence-electron chi connectivity index (χ2n) is 5.67. The SMILES string of the molecule is CC1CCNCC1Oc1nccc2cc3c(cc12)OCO3. The number of fused-ring (bicyclic) bond motifs is 2. The third kappa shape index (κ3) is 2.27. The minimum Gasteiger partial charge on any atom is -0.472 e. The fraction of sp³-hybridized carbons (Fsp3) is 0.438. The third-order valence-electron chi connectivity index (χ3n) is 4.24. The molecule has 2 aromatic rings. The molecule has 0 bridgehead atoms. The lowest BCUT2D eigenvalue weighted by Crippen LogP contribution is -2.43. The lowest BCUT2D eigenvalue weighted by molar-refractivity contribution is 0.111. The predicted molar refractivity (Wildman–Crippen MR) is 78.9 cm³/mol. The molecule has 1 N–H and O–H groups in total. The van der Waals surface area contributed by atoms with Crippen LogP contribution in [0.5, 0.6) is 17.4 Å². The normalized spacial score (nSPS) is 24.2. The molecule has 0 amide bonds. The lowest BCUT2D eigenvalue weighted by Gasteiger charge is -2.29. The van der Waals surface area contributed by atoms with Crippen molar-refractivity contribution in [2.24, 2.45) is 5.92 Å². The standard InChI is InChI=1S/C16H18N2O3/c1-10-2-4-17-8-15(10)21-16-12-7-14-13(19-9-20-14)6-11(12)3-5-18-16/h3,5-7,10,15,17H,2,4,8-9H2,1H3. The zero-order chi connectivity index (χ0) is 14.2. The first-order valence-electron chi connectivity index (χ1n) is 7.37. The average Bonchev–Trinajstić information content (AvgIpc) is 2.95. The fourth-order valence-corrected chi connectivity index (χ4v) is 2.89. The van der Waals surface area contributed by atoms with Gasteiger partial charge >= 0.3 is 0 Å². The molecule has 1 aromatic carbocycles. The number of aromatic nitrogens is 1. The Balaban J connectivity index is 1.71. The van der Waals surface area contributed by atoms with E-state index in [1.54, 1.807) is 6.20 Å². The smallest absolute Gasteiger partial charge is 0.231 e. The monoisotopic (exact) mass is 286 g/mol. The van der Waals surface area contributed by atoms with Crippen LogP contribution in [0.4, 0.5) is 0 Å². The number of hydrogen-bond acceptors (Lipinski definition) is 5. The minimum atomic E-state index is 0.155. The van der Waals surface area contributed by atoms with Gasteiger partial charge in [-0.05, 0) is 42.5 Å². The van der Waals surface area contributed by atoms with Crippen molar-refractivity contribution in [3.05, 3.63) is 24.4 Å². The maximum atomic E-state index is 6.17. The van der Waals surface area contributed by atoms with E-state index in [0.717, 1.165) is 41.8 Å². The predicted octanol–water partition coefficient (Wildman–Crippen LogP) is 2.34. The van der Waals surface area contributed by atoms with Gasteiger partial charge in [-0.2, -0.15) is 0 Å². The summed E-state index contributed by atoms with van der Waals surface area (Å²) in [5.74, 6) is 2.74. The molecule has 3 heterocycles. The van der Waals surface area contributed by atoms with Crippen LogP contribution in [-0.2, 0) is 0 Å². The summed E-state index contributed by atoms with van der Waals surface area (Å²) in [5, 5.41) is 5.41. The molecule has 4 rings (SSSR count). The van der Waals surface area contributed by atoms with Gasteiger partial charge in [0.05, 0.1) is 0 Å². The molecule has 1 saturated heterocycles. The van der Waals surface area contributed by atoms with Gasteiger partial charge in [0.2, 0.25) is 12.7 Å². The van der Waals surface area contributed by atoms with Gasteiger partial charge < -0.3 is 19.5 Å². The number of benzene rings is 1. The van der Waals surface area contributed by atoms with Gasteiger partial charge in [-0.3, -0.25) is 0 Å². The Labute approximate surface area is 123 Å². The van der Waals surface area contributed by atoms with Crippen LogP contribution in [0.2, 0.25) is 0 Å². The van der Waals surface area contributed by atoms with Gasteiger partial charge in [0.1, 0.15) is 6.10 Å². The van der Waals surface area contributed by atoms with Crippen LogP contribution in [-0.4, -0.2) is 31.0 Å². The van der Waals surface area contributed by atoms with Crippen molar-refractivity contribution in [3.8, 4) is 17.4 Å². The first kappa shape index (κ1) is 12.7. The largest absolute Gasteiger partial charge is 0.472 e. The van der Waals surface area contributed by atoms with E-state index in [0.29, 0.717) is 11.8 Å². The van der Waals surface area contributed by atoms with Crippen molar-refractivity contribution >= 4 is 10.8 Å². The van der Waals surface area contributed by atoms with E-state index in [1.165, 1.54) is 0 Å². The molecule has 2 atom stereocenters. The summed E-state index contributed by atoms with van der Waals surface area (Å²) in [5.41, 5.74) is 0. The first-order valence-corrected chi connectivity index (χ1v) is 7.37. The van der Waals surface area contributed by atoms with Gasteiger partial charge in [-0.1, -0.05) is 6.92 Å². The van der Waals surface area contributed by atoms with Crippen LogP contribution in [0, 0.1) is 5.92 Å². The molecular formula is C16H18N2O3. The molecule has 0 spiro atoms. The average molecular weight is 286 g/mol. The topological polar surface area (TPSA) is 52.6 Å². The summed E-state index contributed by atoms with van der Waals surface area (Å²) < 4.78 is 17.0. The summed E-state index contributed by atoms with van der Waals surface area (Å²) in [4.78, 5) is 4.41. The van der Waals surface area contributed by atoms with E-state index in [4.69, 9.17) is 14.2 Å². The van der Waals surface area contributed by atoms with Gasteiger partial charge in [-0.15, -0.1) is 0 Å². The van der Waals surface area contributed by atoms with E-state index in [-0.39, 0.29) is 12.9 Å². The highest BCUT2D eigenvalue weighted by Crippen LogP contribution is 2.38. The maximum absolute atomic E-state index is 6.17. The Kier molecular flexibility index (Phi) is 3.07. The molecule has 110 valence electrons. The molecule has 0 saturated carbocycles. The summed E-state index contributed by atoms with van der Waals surface area (Å²) in [6.07, 6.45) is 3.06. The van der Waals surface area contributed by atoms with Crippen LogP contribution in [0.15, 0.2) is 24.4 Å². The van der Waals surface area contributed by atoms with E-state index in [1.807, 2.05) is 18.2 Å². The van der Waals surface area contributed by atoms with Crippen molar-refractivity contribution in [3.63, 3.8) is 0 Å². The Hall–Kier alpha value is -2.01.